The van der Waals surface area contributed by atoms with Crippen LogP contribution in [0.25, 0.3) is 5.69 Å². The van der Waals surface area contributed by atoms with Crippen LogP contribution in [0.15, 0.2) is 70.8 Å². The highest BCUT2D eigenvalue weighted by molar-refractivity contribution is 9.10. The van der Waals surface area contributed by atoms with Crippen molar-refractivity contribution in [3.8, 4) is 29.0 Å². The molecule has 0 radical (unpaired) electrons. The Labute approximate surface area is 176 Å². The Kier molecular flexibility index (Phi) is 4.95. The Balaban J connectivity index is 1.89. The van der Waals surface area contributed by atoms with E-state index in [1.165, 1.54) is 0 Å². The second-order valence-electron chi connectivity index (χ2n) is 6.48. The molecular weight excluding hydrogens is 434 g/mol. The third kappa shape index (κ3) is 3.22. The number of allylic oxidation sites excluding steroid dienone is 1. The van der Waals surface area contributed by atoms with Crippen molar-refractivity contribution in [2.45, 2.75) is 5.92 Å². The van der Waals surface area contributed by atoms with Gasteiger partial charge in [-0.15, -0.1) is 0 Å². The van der Waals surface area contributed by atoms with E-state index in [9.17, 15) is 5.26 Å². The minimum Gasteiger partial charge on any atom is -0.493 e. The van der Waals surface area contributed by atoms with Crippen molar-refractivity contribution in [3.63, 3.8) is 0 Å². The Bertz CT molecular complexity index is 1150. The lowest BCUT2D eigenvalue weighted by atomic mass is 9.83. The minimum atomic E-state index is -0.390. The highest BCUT2D eigenvalue weighted by Crippen LogP contribution is 2.46. The number of benzene rings is 2. The number of hydrogen-bond acceptors (Lipinski definition) is 5. The SMILES string of the molecule is COc1cc(C2C(C#N)=C(N)Oc3cc(-n4cccc4)ccc32)cc(Br)c1OC. The van der Waals surface area contributed by atoms with Crippen LogP contribution < -0.4 is 19.9 Å². The monoisotopic (exact) mass is 451 g/mol. The fourth-order valence-electron chi connectivity index (χ4n) is 3.56. The molecule has 7 heteroatoms. The standard InChI is InChI=1S/C22H18BrN3O3/c1-27-19-10-13(9-17(23)21(19)28-2)20-15-6-5-14(26-7-3-4-8-26)11-18(15)29-22(25)16(20)12-24/h3-11,20H,25H2,1-2H3. The zero-order valence-electron chi connectivity index (χ0n) is 15.8. The molecule has 4 rings (SSSR count). The molecule has 1 atom stereocenters. The summed E-state index contributed by atoms with van der Waals surface area (Å²) < 4.78 is 19.4. The number of ether oxygens (including phenoxy) is 3. The highest BCUT2D eigenvalue weighted by Gasteiger charge is 2.32. The van der Waals surface area contributed by atoms with E-state index >= 15 is 0 Å². The average molecular weight is 452 g/mol. The van der Waals surface area contributed by atoms with Crippen molar-refractivity contribution in [2.75, 3.05) is 14.2 Å². The molecule has 146 valence electrons. The van der Waals surface area contributed by atoms with Crippen molar-refractivity contribution in [1.82, 2.24) is 4.57 Å². The first-order valence-electron chi connectivity index (χ1n) is 8.83. The predicted molar refractivity (Wildman–Crippen MR) is 112 cm³/mol. The van der Waals surface area contributed by atoms with Gasteiger partial charge in [-0.3, -0.25) is 0 Å². The van der Waals surface area contributed by atoms with Crippen molar-refractivity contribution in [1.29, 1.82) is 5.26 Å². The Morgan fingerprint density at radius 3 is 2.55 bits per heavy atom. The van der Waals surface area contributed by atoms with Crippen LogP contribution in [0.4, 0.5) is 0 Å². The van der Waals surface area contributed by atoms with Crippen LogP contribution >= 0.6 is 15.9 Å². The summed E-state index contributed by atoms with van der Waals surface area (Å²) in [6.45, 7) is 0. The summed E-state index contributed by atoms with van der Waals surface area (Å²) in [6.07, 6.45) is 3.90. The second-order valence-corrected chi connectivity index (χ2v) is 7.33. The largest absolute Gasteiger partial charge is 0.493 e. The summed E-state index contributed by atoms with van der Waals surface area (Å²) in [7, 11) is 3.15. The Hall–Kier alpha value is -3.37. The zero-order valence-corrected chi connectivity index (χ0v) is 17.4. The maximum absolute atomic E-state index is 9.78. The topological polar surface area (TPSA) is 82.4 Å². The fraction of sp³-hybridized carbons (Fsp3) is 0.136. The number of rotatable bonds is 4. The van der Waals surface area contributed by atoms with Crippen LogP contribution in [-0.4, -0.2) is 18.8 Å². The molecule has 0 amide bonds. The number of fused-ring (bicyclic) bond motifs is 1. The summed E-state index contributed by atoms with van der Waals surface area (Å²) >= 11 is 3.53. The van der Waals surface area contributed by atoms with Crippen molar-refractivity contribution < 1.29 is 14.2 Å². The number of methoxy groups -OCH3 is 2. The molecule has 0 saturated heterocycles. The second kappa shape index (κ2) is 7.57. The molecule has 0 saturated carbocycles. The van der Waals surface area contributed by atoms with Gasteiger partial charge in [0.1, 0.15) is 17.4 Å². The summed E-state index contributed by atoms with van der Waals surface area (Å²) in [6, 6.07) is 15.7. The molecule has 0 aliphatic carbocycles. The summed E-state index contributed by atoms with van der Waals surface area (Å²) in [5.41, 5.74) is 9.11. The molecule has 1 aromatic heterocycles. The molecule has 3 aromatic rings. The lowest BCUT2D eigenvalue weighted by molar-refractivity contribution is 0.352. The maximum atomic E-state index is 9.78. The zero-order chi connectivity index (χ0) is 20.5. The third-order valence-corrected chi connectivity index (χ3v) is 5.48. The lowest BCUT2D eigenvalue weighted by Crippen LogP contribution is -2.21. The summed E-state index contributed by atoms with van der Waals surface area (Å²) in [5, 5.41) is 9.78. The Morgan fingerprint density at radius 2 is 1.90 bits per heavy atom. The fourth-order valence-corrected chi connectivity index (χ4v) is 4.18. The van der Waals surface area contributed by atoms with Gasteiger partial charge in [0.15, 0.2) is 11.5 Å². The van der Waals surface area contributed by atoms with E-state index in [1.807, 2.05) is 59.4 Å². The van der Waals surface area contributed by atoms with Crippen LogP contribution in [0, 0.1) is 11.3 Å². The summed E-state index contributed by atoms with van der Waals surface area (Å²) in [4.78, 5) is 0. The van der Waals surface area contributed by atoms with E-state index in [2.05, 4.69) is 22.0 Å². The van der Waals surface area contributed by atoms with Gasteiger partial charge in [0.25, 0.3) is 0 Å². The number of nitriles is 1. The first-order valence-corrected chi connectivity index (χ1v) is 9.63. The first kappa shape index (κ1) is 19.0. The average Bonchev–Trinajstić information content (AvgIpc) is 3.26. The van der Waals surface area contributed by atoms with Gasteiger partial charge in [-0.25, -0.2) is 0 Å². The minimum absolute atomic E-state index is 0.0977. The lowest BCUT2D eigenvalue weighted by Gasteiger charge is -2.27. The quantitative estimate of drug-likeness (QED) is 0.632. The third-order valence-electron chi connectivity index (χ3n) is 4.89. The van der Waals surface area contributed by atoms with Gasteiger partial charge in [0, 0.05) is 29.7 Å². The predicted octanol–water partition coefficient (Wildman–Crippen LogP) is 4.48. The molecule has 2 heterocycles. The van der Waals surface area contributed by atoms with Crippen molar-refractivity contribution in [3.05, 3.63) is 81.9 Å². The van der Waals surface area contributed by atoms with E-state index in [0.29, 0.717) is 22.8 Å². The van der Waals surface area contributed by atoms with E-state index in [4.69, 9.17) is 19.9 Å². The van der Waals surface area contributed by atoms with Gasteiger partial charge in [-0.2, -0.15) is 5.26 Å². The van der Waals surface area contributed by atoms with Crippen LogP contribution in [0.1, 0.15) is 17.0 Å². The number of aromatic nitrogens is 1. The molecule has 0 bridgehead atoms. The van der Waals surface area contributed by atoms with Gasteiger partial charge < -0.3 is 24.5 Å². The van der Waals surface area contributed by atoms with E-state index in [0.717, 1.165) is 21.3 Å². The van der Waals surface area contributed by atoms with E-state index < -0.39 is 5.92 Å². The van der Waals surface area contributed by atoms with Crippen LogP contribution in [-0.2, 0) is 0 Å². The smallest absolute Gasteiger partial charge is 0.205 e. The van der Waals surface area contributed by atoms with Crippen LogP contribution in [0.5, 0.6) is 17.2 Å². The molecule has 0 spiro atoms. The number of nitrogens with zero attached hydrogens (tertiary/aromatic N) is 2. The van der Waals surface area contributed by atoms with E-state index in [1.54, 1.807) is 14.2 Å². The highest BCUT2D eigenvalue weighted by atomic mass is 79.9. The maximum Gasteiger partial charge on any atom is 0.205 e. The molecule has 0 fully saturated rings. The van der Waals surface area contributed by atoms with Crippen molar-refractivity contribution >= 4 is 15.9 Å². The van der Waals surface area contributed by atoms with E-state index in [-0.39, 0.29) is 5.88 Å². The molecular formula is C22H18BrN3O3. The molecule has 1 aliphatic heterocycles. The molecule has 1 aliphatic rings. The number of halogens is 1. The molecule has 1 unspecified atom stereocenters. The van der Waals surface area contributed by atoms with Gasteiger partial charge in [0.05, 0.1) is 24.6 Å². The molecule has 2 aromatic carbocycles. The molecule has 29 heavy (non-hydrogen) atoms. The van der Waals surface area contributed by atoms with Gasteiger partial charge >= 0.3 is 0 Å². The molecule has 2 N–H and O–H groups in total. The Morgan fingerprint density at radius 1 is 1.14 bits per heavy atom. The van der Waals surface area contributed by atoms with Crippen molar-refractivity contribution in [2.24, 2.45) is 5.73 Å². The number of nitrogens with two attached hydrogens (primary N) is 1. The van der Waals surface area contributed by atoms with Crippen LogP contribution in [0.3, 0.4) is 0 Å². The van der Waals surface area contributed by atoms with Gasteiger partial charge in [-0.1, -0.05) is 6.07 Å². The number of hydrogen-bond donors (Lipinski definition) is 1. The van der Waals surface area contributed by atoms with Gasteiger partial charge in [0.2, 0.25) is 5.88 Å². The molecule has 6 nitrogen and oxygen atoms in total. The normalized spacial score (nSPS) is 15.3. The van der Waals surface area contributed by atoms with Gasteiger partial charge in [-0.05, 0) is 51.8 Å². The van der Waals surface area contributed by atoms with Crippen LogP contribution in [0.2, 0.25) is 0 Å². The first-order chi connectivity index (χ1) is 14.1. The summed E-state index contributed by atoms with van der Waals surface area (Å²) in [5.74, 6) is 1.47.